The Kier molecular flexibility index (Phi) is 3.63. The van der Waals surface area contributed by atoms with Crippen molar-refractivity contribution in [3.63, 3.8) is 0 Å². The van der Waals surface area contributed by atoms with E-state index in [4.69, 9.17) is 4.74 Å². The zero-order chi connectivity index (χ0) is 12.9. The maximum atomic E-state index is 5.75. The van der Waals surface area contributed by atoms with Crippen molar-refractivity contribution in [1.82, 2.24) is 4.98 Å². The van der Waals surface area contributed by atoms with Crippen molar-refractivity contribution in [3.05, 3.63) is 54.4 Å². The van der Waals surface area contributed by atoms with Crippen LogP contribution in [-0.4, -0.2) is 18.1 Å². The molecule has 3 rings (SSSR count). The maximum Gasteiger partial charge on any atom is 0.119 e. The quantitative estimate of drug-likeness (QED) is 0.837. The summed E-state index contributed by atoms with van der Waals surface area (Å²) in [5.41, 5.74) is 2.39. The highest BCUT2D eigenvalue weighted by Gasteiger charge is 2.11. The van der Waals surface area contributed by atoms with E-state index in [1.807, 2.05) is 30.5 Å². The number of ether oxygens (including phenoxy) is 1. The van der Waals surface area contributed by atoms with Crippen LogP contribution in [0.3, 0.4) is 0 Å². The largest absolute Gasteiger partial charge is 0.489 e. The number of nitrogens with zero attached hydrogens (tertiary/aromatic N) is 2. The van der Waals surface area contributed by atoms with Gasteiger partial charge in [0.1, 0.15) is 12.4 Å². The Morgan fingerprint density at radius 1 is 1.05 bits per heavy atom. The van der Waals surface area contributed by atoms with E-state index in [1.54, 1.807) is 6.20 Å². The van der Waals surface area contributed by atoms with Gasteiger partial charge in [0, 0.05) is 36.7 Å². The van der Waals surface area contributed by atoms with Gasteiger partial charge in [0.2, 0.25) is 0 Å². The fourth-order valence-electron chi connectivity index (χ4n) is 2.38. The molecule has 2 aromatic rings. The number of anilines is 1. The molecule has 1 saturated heterocycles. The van der Waals surface area contributed by atoms with Crippen molar-refractivity contribution in [1.29, 1.82) is 0 Å². The third-order valence-electron chi connectivity index (χ3n) is 3.44. The zero-order valence-corrected chi connectivity index (χ0v) is 11.0. The smallest absolute Gasteiger partial charge is 0.119 e. The molecular weight excluding hydrogens is 236 g/mol. The van der Waals surface area contributed by atoms with Gasteiger partial charge in [0.25, 0.3) is 0 Å². The SMILES string of the molecule is c1cncc(COc2ccc(N3CCCC3)cc2)c1. The number of aromatic nitrogens is 1. The van der Waals surface area contributed by atoms with Crippen LogP contribution in [0.5, 0.6) is 5.75 Å². The molecule has 0 bridgehead atoms. The van der Waals surface area contributed by atoms with Crippen LogP contribution >= 0.6 is 0 Å². The van der Waals surface area contributed by atoms with Gasteiger partial charge in [-0.2, -0.15) is 0 Å². The third kappa shape index (κ3) is 3.05. The van der Waals surface area contributed by atoms with Crippen molar-refractivity contribution in [3.8, 4) is 5.75 Å². The number of pyridine rings is 1. The Morgan fingerprint density at radius 3 is 2.53 bits per heavy atom. The van der Waals surface area contributed by atoms with Crippen molar-refractivity contribution in [2.75, 3.05) is 18.0 Å². The van der Waals surface area contributed by atoms with Gasteiger partial charge < -0.3 is 9.64 Å². The lowest BCUT2D eigenvalue weighted by molar-refractivity contribution is 0.306. The van der Waals surface area contributed by atoms with Gasteiger partial charge in [0.05, 0.1) is 0 Å². The zero-order valence-electron chi connectivity index (χ0n) is 11.0. The van der Waals surface area contributed by atoms with E-state index in [0.29, 0.717) is 6.61 Å². The Morgan fingerprint density at radius 2 is 1.84 bits per heavy atom. The molecule has 2 heterocycles. The molecule has 0 spiro atoms. The normalized spacial score (nSPS) is 14.6. The van der Waals surface area contributed by atoms with Crippen LogP contribution in [0.4, 0.5) is 5.69 Å². The number of benzene rings is 1. The summed E-state index contributed by atoms with van der Waals surface area (Å²) in [6.07, 6.45) is 6.21. The predicted octanol–water partition coefficient (Wildman–Crippen LogP) is 3.26. The molecule has 0 radical (unpaired) electrons. The van der Waals surface area contributed by atoms with Gasteiger partial charge in [-0.3, -0.25) is 4.98 Å². The van der Waals surface area contributed by atoms with Crippen molar-refractivity contribution in [2.24, 2.45) is 0 Å². The second-order valence-electron chi connectivity index (χ2n) is 4.84. The Labute approximate surface area is 113 Å². The van der Waals surface area contributed by atoms with Crippen LogP contribution in [0.2, 0.25) is 0 Å². The van der Waals surface area contributed by atoms with Gasteiger partial charge in [-0.25, -0.2) is 0 Å². The molecule has 3 nitrogen and oxygen atoms in total. The molecule has 98 valence electrons. The van der Waals surface area contributed by atoms with E-state index in [-0.39, 0.29) is 0 Å². The summed E-state index contributed by atoms with van der Waals surface area (Å²) in [7, 11) is 0. The summed E-state index contributed by atoms with van der Waals surface area (Å²) in [6, 6.07) is 12.3. The Bertz CT molecular complexity index is 504. The topological polar surface area (TPSA) is 25.4 Å². The van der Waals surface area contributed by atoms with Crippen LogP contribution in [0.1, 0.15) is 18.4 Å². The van der Waals surface area contributed by atoms with Crippen LogP contribution in [0.25, 0.3) is 0 Å². The molecule has 0 aliphatic carbocycles. The van der Waals surface area contributed by atoms with Gasteiger partial charge in [-0.15, -0.1) is 0 Å². The van der Waals surface area contributed by atoms with Crippen LogP contribution < -0.4 is 9.64 Å². The second kappa shape index (κ2) is 5.74. The Balaban J connectivity index is 1.60. The van der Waals surface area contributed by atoms with Gasteiger partial charge in [0.15, 0.2) is 0 Å². The average Bonchev–Trinajstić information content (AvgIpc) is 3.01. The highest BCUT2D eigenvalue weighted by molar-refractivity contribution is 5.49. The lowest BCUT2D eigenvalue weighted by Crippen LogP contribution is -2.17. The highest BCUT2D eigenvalue weighted by Crippen LogP contribution is 2.23. The predicted molar refractivity (Wildman–Crippen MR) is 76.5 cm³/mol. The van der Waals surface area contributed by atoms with E-state index in [0.717, 1.165) is 11.3 Å². The first-order valence-electron chi connectivity index (χ1n) is 6.78. The summed E-state index contributed by atoms with van der Waals surface area (Å²) in [4.78, 5) is 6.50. The molecule has 0 atom stereocenters. The lowest BCUT2D eigenvalue weighted by Gasteiger charge is -2.17. The molecule has 0 unspecified atom stereocenters. The highest BCUT2D eigenvalue weighted by atomic mass is 16.5. The summed E-state index contributed by atoms with van der Waals surface area (Å²) in [5.74, 6) is 0.909. The molecule has 19 heavy (non-hydrogen) atoms. The van der Waals surface area contributed by atoms with Crippen LogP contribution in [-0.2, 0) is 6.61 Å². The summed E-state index contributed by atoms with van der Waals surface area (Å²) in [6.45, 7) is 2.92. The number of rotatable bonds is 4. The van der Waals surface area contributed by atoms with Gasteiger partial charge in [-0.1, -0.05) is 6.07 Å². The molecule has 1 aliphatic rings. The molecule has 1 aromatic carbocycles. The van der Waals surface area contributed by atoms with Crippen molar-refractivity contribution < 1.29 is 4.74 Å². The minimum absolute atomic E-state index is 0.566. The summed E-state index contributed by atoms with van der Waals surface area (Å²) in [5, 5.41) is 0. The third-order valence-corrected chi connectivity index (χ3v) is 3.44. The van der Waals surface area contributed by atoms with E-state index >= 15 is 0 Å². The minimum atomic E-state index is 0.566. The number of hydrogen-bond donors (Lipinski definition) is 0. The van der Waals surface area contributed by atoms with Crippen LogP contribution in [0.15, 0.2) is 48.8 Å². The molecule has 0 saturated carbocycles. The molecule has 1 aliphatic heterocycles. The fourth-order valence-corrected chi connectivity index (χ4v) is 2.38. The van der Waals surface area contributed by atoms with E-state index in [1.165, 1.54) is 31.6 Å². The summed E-state index contributed by atoms with van der Waals surface area (Å²) < 4.78 is 5.75. The first-order chi connectivity index (χ1) is 9.42. The lowest BCUT2D eigenvalue weighted by atomic mass is 10.2. The van der Waals surface area contributed by atoms with E-state index in [2.05, 4.69) is 22.0 Å². The molecular formula is C16H18N2O. The van der Waals surface area contributed by atoms with E-state index in [9.17, 15) is 0 Å². The maximum absolute atomic E-state index is 5.75. The average molecular weight is 254 g/mol. The molecule has 1 fully saturated rings. The van der Waals surface area contributed by atoms with Crippen molar-refractivity contribution >= 4 is 5.69 Å². The molecule has 1 aromatic heterocycles. The van der Waals surface area contributed by atoms with Crippen LogP contribution in [0, 0.1) is 0 Å². The standard InChI is InChI=1S/C16H18N2O/c1-2-11-18(10-1)15-5-7-16(8-6-15)19-13-14-4-3-9-17-12-14/h3-9,12H,1-2,10-11,13H2. The summed E-state index contributed by atoms with van der Waals surface area (Å²) >= 11 is 0. The minimum Gasteiger partial charge on any atom is -0.489 e. The van der Waals surface area contributed by atoms with Crippen molar-refractivity contribution in [2.45, 2.75) is 19.4 Å². The molecule has 0 amide bonds. The number of hydrogen-bond acceptors (Lipinski definition) is 3. The molecule has 0 N–H and O–H groups in total. The second-order valence-corrected chi connectivity index (χ2v) is 4.84. The fraction of sp³-hybridized carbons (Fsp3) is 0.312. The molecule has 3 heteroatoms. The Hall–Kier alpha value is -2.03. The monoisotopic (exact) mass is 254 g/mol. The first kappa shape index (κ1) is 12.0. The van der Waals surface area contributed by atoms with Gasteiger partial charge >= 0.3 is 0 Å². The first-order valence-corrected chi connectivity index (χ1v) is 6.78. The van der Waals surface area contributed by atoms with Gasteiger partial charge in [-0.05, 0) is 43.2 Å². The van der Waals surface area contributed by atoms with E-state index < -0.39 is 0 Å².